The topological polar surface area (TPSA) is 89.1 Å². The number of aromatic amines is 1. The molecule has 0 aliphatic heterocycles. The van der Waals surface area contributed by atoms with Gasteiger partial charge in [0.05, 0.1) is 0 Å². The Balaban J connectivity index is 2.71. The van der Waals surface area contributed by atoms with Crippen LogP contribution in [0.5, 0.6) is 0 Å². The Labute approximate surface area is 73.4 Å². The van der Waals surface area contributed by atoms with Gasteiger partial charge in [-0.25, -0.2) is 14.5 Å². The highest BCUT2D eigenvalue weighted by atomic mass is 16.1. The molecule has 0 atom stereocenters. The minimum atomic E-state index is -0.137. The summed E-state index contributed by atoms with van der Waals surface area (Å²) in [6.07, 6.45) is 2.01. The molecular weight excluding hydrogens is 170 g/mol. The number of hydrogen-bond donors (Lipinski definition) is 2. The van der Waals surface area contributed by atoms with Crippen LogP contribution in [-0.2, 0) is 6.42 Å². The van der Waals surface area contributed by atoms with Gasteiger partial charge in [0.15, 0.2) is 0 Å². The third-order valence-electron chi connectivity index (χ3n) is 1.76. The summed E-state index contributed by atoms with van der Waals surface area (Å²) in [6.45, 7) is 0.460. The predicted octanol–water partition coefficient (Wildman–Crippen LogP) is -1.08. The first kappa shape index (κ1) is 7.93. The molecule has 0 fully saturated rings. The van der Waals surface area contributed by atoms with Gasteiger partial charge in [-0.1, -0.05) is 0 Å². The summed E-state index contributed by atoms with van der Waals surface area (Å²) in [6, 6.07) is 1.39. The molecule has 0 spiro atoms. The van der Waals surface area contributed by atoms with Gasteiger partial charge >= 0.3 is 0 Å². The summed E-state index contributed by atoms with van der Waals surface area (Å²) < 4.78 is 1.42. The highest BCUT2D eigenvalue weighted by Crippen LogP contribution is 1.95. The number of nitrogens with one attached hydrogen (secondary N) is 1. The zero-order valence-electron chi connectivity index (χ0n) is 6.90. The molecule has 0 unspecified atom stereocenters. The van der Waals surface area contributed by atoms with E-state index in [4.69, 9.17) is 5.73 Å². The maximum absolute atomic E-state index is 11.4. The van der Waals surface area contributed by atoms with Crippen LogP contribution in [0.25, 0.3) is 5.78 Å². The Bertz CT molecular complexity index is 471. The molecule has 2 aromatic rings. The van der Waals surface area contributed by atoms with E-state index in [2.05, 4.69) is 15.2 Å². The van der Waals surface area contributed by atoms with Crippen LogP contribution in [0.4, 0.5) is 0 Å². The third kappa shape index (κ3) is 1.20. The lowest BCUT2D eigenvalue weighted by molar-refractivity contribution is 0.836. The second-order valence-corrected chi connectivity index (χ2v) is 2.62. The fraction of sp³-hybridized carbons (Fsp3) is 0.286. The standard InChI is InChI=1S/C7H9N5O/c8-3-1-5-10-11-7-9-4-2-6(13)12(5)7/h2,4H,1,3,8H2,(H,9,11). The maximum atomic E-state index is 11.4. The van der Waals surface area contributed by atoms with E-state index in [1.165, 1.54) is 16.7 Å². The lowest BCUT2D eigenvalue weighted by Gasteiger charge is -1.93. The number of H-pyrrole nitrogens is 1. The summed E-state index contributed by atoms with van der Waals surface area (Å²) in [5.41, 5.74) is 5.23. The van der Waals surface area contributed by atoms with Gasteiger partial charge in [0.1, 0.15) is 5.82 Å². The molecule has 2 rings (SSSR count). The van der Waals surface area contributed by atoms with Crippen LogP contribution in [0.2, 0.25) is 0 Å². The molecule has 3 N–H and O–H groups in total. The Morgan fingerprint density at radius 3 is 3.23 bits per heavy atom. The first-order chi connectivity index (χ1) is 6.33. The molecule has 0 saturated carbocycles. The normalized spacial score (nSPS) is 10.8. The van der Waals surface area contributed by atoms with E-state index in [1.807, 2.05) is 0 Å². The highest BCUT2D eigenvalue weighted by molar-refractivity contribution is 5.26. The average molecular weight is 179 g/mol. The van der Waals surface area contributed by atoms with Crippen LogP contribution >= 0.6 is 0 Å². The van der Waals surface area contributed by atoms with Gasteiger partial charge < -0.3 is 5.73 Å². The molecule has 0 radical (unpaired) electrons. The Morgan fingerprint density at radius 2 is 2.46 bits per heavy atom. The van der Waals surface area contributed by atoms with Gasteiger partial charge in [-0.2, -0.15) is 5.10 Å². The minimum Gasteiger partial charge on any atom is -0.330 e. The molecule has 0 aromatic carbocycles. The molecule has 6 nitrogen and oxygen atoms in total. The quantitative estimate of drug-likeness (QED) is 0.613. The van der Waals surface area contributed by atoms with Gasteiger partial charge in [0.2, 0.25) is 5.78 Å². The van der Waals surface area contributed by atoms with E-state index >= 15 is 0 Å². The highest BCUT2D eigenvalue weighted by Gasteiger charge is 2.05. The minimum absolute atomic E-state index is 0.137. The van der Waals surface area contributed by atoms with E-state index in [0.717, 1.165) is 0 Å². The predicted molar refractivity (Wildman–Crippen MR) is 46.4 cm³/mol. The van der Waals surface area contributed by atoms with Crippen LogP contribution in [0.1, 0.15) is 5.82 Å². The zero-order valence-corrected chi connectivity index (χ0v) is 6.90. The fourth-order valence-electron chi connectivity index (χ4n) is 1.20. The third-order valence-corrected chi connectivity index (χ3v) is 1.76. The molecule has 0 bridgehead atoms. The maximum Gasteiger partial charge on any atom is 0.260 e. The smallest absolute Gasteiger partial charge is 0.260 e. The SMILES string of the molecule is NCCc1n[nH]c2nccc(=O)n12. The van der Waals surface area contributed by atoms with Gasteiger partial charge in [0, 0.05) is 18.7 Å². The zero-order chi connectivity index (χ0) is 9.26. The number of nitrogens with two attached hydrogens (primary N) is 1. The van der Waals surface area contributed by atoms with Crippen molar-refractivity contribution in [2.24, 2.45) is 5.73 Å². The van der Waals surface area contributed by atoms with Crippen LogP contribution < -0.4 is 11.3 Å². The molecule has 2 aromatic heterocycles. The van der Waals surface area contributed by atoms with Gasteiger partial charge in [-0.05, 0) is 6.54 Å². The Hall–Kier alpha value is -1.69. The van der Waals surface area contributed by atoms with E-state index in [9.17, 15) is 4.79 Å². The Kier molecular flexibility index (Phi) is 1.82. The van der Waals surface area contributed by atoms with Crippen LogP contribution in [-0.4, -0.2) is 26.1 Å². The molecule has 13 heavy (non-hydrogen) atoms. The van der Waals surface area contributed by atoms with Crippen molar-refractivity contribution in [3.8, 4) is 0 Å². The van der Waals surface area contributed by atoms with E-state index in [0.29, 0.717) is 24.6 Å². The fourth-order valence-corrected chi connectivity index (χ4v) is 1.20. The van der Waals surface area contributed by atoms with Crippen molar-refractivity contribution in [2.75, 3.05) is 6.54 Å². The lowest BCUT2D eigenvalue weighted by atomic mass is 10.4. The molecule has 2 heterocycles. The summed E-state index contributed by atoms with van der Waals surface area (Å²) in [4.78, 5) is 15.3. The summed E-state index contributed by atoms with van der Waals surface area (Å²) in [5.74, 6) is 1.08. The second kappa shape index (κ2) is 2.98. The summed E-state index contributed by atoms with van der Waals surface area (Å²) in [7, 11) is 0. The number of fused-ring (bicyclic) bond motifs is 1. The van der Waals surface area contributed by atoms with Crippen molar-refractivity contribution >= 4 is 5.78 Å². The van der Waals surface area contributed by atoms with Crippen molar-refractivity contribution in [3.05, 3.63) is 28.4 Å². The lowest BCUT2D eigenvalue weighted by Crippen LogP contribution is -2.16. The van der Waals surface area contributed by atoms with Gasteiger partial charge in [-0.15, -0.1) is 0 Å². The molecule has 0 aliphatic rings. The first-order valence-electron chi connectivity index (χ1n) is 3.94. The summed E-state index contributed by atoms with van der Waals surface area (Å²) in [5, 5.41) is 6.60. The van der Waals surface area contributed by atoms with E-state index in [-0.39, 0.29) is 5.56 Å². The van der Waals surface area contributed by atoms with Crippen molar-refractivity contribution < 1.29 is 0 Å². The molecule has 68 valence electrons. The number of aromatic nitrogens is 4. The molecule has 0 aliphatic carbocycles. The molecule has 0 saturated heterocycles. The first-order valence-corrected chi connectivity index (χ1v) is 3.94. The van der Waals surface area contributed by atoms with Crippen LogP contribution in [0.3, 0.4) is 0 Å². The number of nitrogens with zero attached hydrogens (tertiary/aromatic N) is 3. The molecule has 6 heteroatoms. The largest absolute Gasteiger partial charge is 0.330 e. The van der Waals surface area contributed by atoms with Crippen LogP contribution in [0, 0.1) is 0 Å². The summed E-state index contributed by atoms with van der Waals surface area (Å²) >= 11 is 0. The number of rotatable bonds is 2. The van der Waals surface area contributed by atoms with Crippen molar-refractivity contribution in [1.29, 1.82) is 0 Å². The van der Waals surface area contributed by atoms with Crippen molar-refractivity contribution in [1.82, 2.24) is 19.6 Å². The van der Waals surface area contributed by atoms with Crippen molar-refractivity contribution in [2.45, 2.75) is 6.42 Å². The monoisotopic (exact) mass is 179 g/mol. The van der Waals surface area contributed by atoms with Gasteiger partial charge in [-0.3, -0.25) is 4.79 Å². The van der Waals surface area contributed by atoms with Crippen molar-refractivity contribution in [3.63, 3.8) is 0 Å². The van der Waals surface area contributed by atoms with Crippen LogP contribution in [0.15, 0.2) is 17.1 Å². The van der Waals surface area contributed by atoms with E-state index in [1.54, 1.807) is 0 Å². The van der Waals surface area contributed by atoms with Gasteiger partial charge in [0.25, 0.3) is 5.56 Å². The Morgan fingerprint density at radius 1 is 1.62 bits per heavy atom. The van der Waals surface area contributed by atoms with E-state index < -0.39 is 0 Å². The molecule has 0 amide bonds. The average Bonchev–Trinajstić information content (AvgIpc) is 2.51. The second-order valence-electron chi connectivity index (χ2n) is 2.62. The number of hydrogen-bond acceptors (Lipinski definition) is 4. The molecular formula is C7H9N5O.